The Kier molecular flexibility index (Phi) is 6.45. The first-order chi connectivity index (χ1) is 19.4. The minimum Gasteiger partial charge on any atom is -0.391 e. The van der Waals surface area contributed by atoms with E-state index in [1.807, 2.05) is 43.0 Å². The second-order valence-electron chi connectivity index (χ2n) is 10.4. The molecular formula is C30H30N6O4. The van der Waals surface area contributed by atoms with Gasteiger partial charge in [0.2, 0.25) is 5.88 Å². The van der Waals surface area contributed by atoms with Gasteiger partial charge in [-0.2, -0.15) is 5.10 Å². The number of aryl methyl sites for hydroxylation is 1. The van der Waals surface area contributed by atoms with Crippen molar-refractivity contribution in [1.29, 1.82) is 0 Å². The minimum absolute atomic E-state index is 0.0650. The molecule has 1 fully saturated rings. The van der Waals surface area contributed by atoms with Crippen molar-refractivity contribution >= 4 is 35.0 Å². The molecule has 1 saturated heterocycles. The lowest BCUT2D eigenvalue weighted by molar-refractivity contribution is 0.0107. The number of likely N-dealkylation sites (tertiary alicyclic amines) is 1. The van der Waals surface area contributed by atoms with Crippen LogP contribution in [0, 0.1) is 6.92 Å². The van der Waals surface area contributed by atoms with Gasteiger partial charge in [-0.25, -0.2) is 14.6 Å². The monoisotopic (exact) mass is 538 g/mol. The van der Waals surface area contributed by atoms with Crippen LogP contribution in [0.5, 0.6) is 5.88 Å². The van der Waals surface area contributed by atoms with Gasteiger partial charge >= 0.3 is 12.1 Å². The van der Waals surface area contributed by atoms with Crippen molar-refractivity contribution in [3.63, 3.8) is 0 Å². The van der Waals surface area contributed by atoms with Gasteiger partial charge in [0.15, 0.2) is 0 Å². The predicted molar refractivity (Wildman–Crippen MR) is 149 cm³/mol. The average molecular weight is 539 g/mol. The number of piperidine rings is 1. The molecule has 10 nitrogen and oxygen atoms in total. The number of fused-ring (bicyclic) bond motifs is 2. The van der Waals surface area contributed by atoms with Crippen LogP contribution in [0.3, 0.4) is 0 Å². The smallest absolute Gasteiger partial charge is 0.391 e. The molecule has 4 heterocycles. The Labute approximate surface area is 231 Å². The Morgan fingerprint density at radius 2 is 2.08 bits per heavy atom. The zero-order chi connectivity index (χ0) is 27.9. The summed E-state index contributed by atoms with van der Waals surface area (Å²) in [6, 6.07) is 14.7. The zero-order valence-corrected chi connectivity index (χ0v) is 22.4. The van der Waals surface area contributed by atoms with E-state index in [0.717, 1.165) is 33.3 Å². The van der Waals surface area contributed by atoms with Crippen LogP contribution in [-0.4, -0.2) is 56.0 Å². The van der Waals surface area contributed by atoms with Crippen LogP contribution in [0.4, 0.5) is 15.3 Å². The number of ether oxygens (including phenoxy) is 1. The summed E-state index contributed by atoms with van der Waals surface area (Å²) in [5.74, 6) is 0.0650. The Morgan fingerprint density at radius 1 is 1.23 bits per heavy atom. The number of H-pyrrole nitrogens is 1. The first-order valence-electron chi connectivity index (χ1n) is 13.4. The molecule has 0 spiro atoms. The molecule has 2 aromatic heterocycles. The molecule has 2 aromatic carbocycles. The van der Waals surface area contributed by atoms with Crippen LogP contribution in [0.15, 0.2) is 60.9 Å². The number of aromatic amines is 1. The number of nitrogens with zero attached hydrogens (tertiary/aromatic N) is 4. The van der Waals surface area contributed by atoms with Gasteiger partial charge in [-0.15, -0.1) is 0 Å². The molecule has 0 bridgehead atoms. The van der Waals surface area contributed by atoms with Gasteiger partial charge in [0.05, 0.1) is 17.3 Å². The molecule has 40 heavy (non-hydrogen) atoms. The topological polar surface area (TPSA) is 121 Å². The number of para-hydroxylation sites is 1. The van der Waals surface area contributed by atoms with Gasteiger partial charge in [-0.1, -0.05) is 31.2 Å². The van der Waals surface area contributed by atoms with Crippen LogP contribution in [-0.2, 0) is 12.1 Å². The third kappa shape index (κ3) is 4.35. The van der Waals surface area contributed by atoms with Crippen molar-refractivity contribution < 1.29 is 19.1 Å². The highest BCUT2D eigenvalue weighted by molar-refractivity contribution is 5.92. The molecule has 4 aromatic rings. The number of carbonyl (C=O) groups excluding carboxylic acids is 3. The van der Waals surface area contributed by atoms with Crippen LogP contribution in [0.25, 0.3) is 10.9 Å². The van der Waals surface area contributed by atoms with Gasteiger partial charge in [0.1, 0.15) is 6.29 Å². The highest BCUT2D eigenvalue weighted by Gasteiger charge is 2.48. The van der Waals surface area contributed by atoms with Crippen molar-refractivity contribution in [1.82, 2.24) is 25.0 Å². The molecule has 204 valence electrons. The number of aromatic nitrogens is 3. The van der Waals surface area contributed by atoms with Gasteiger partial charge in [0, 0.05) is 48.0 Å². The first kappa shape index (κ1) is 25.5. The highest BCUT2D eigenvalue weighted by Crippen LogP contribution is 2.44. The van der Waals surface area contributed by atoms with E-state index in [1.54, 1.807) is 17.2 Å². The van der Waals surface area contributed by atoms with Crippen molar-refractivity contribution in [3.05, 3.63) is 83.2 Å². The van der Waals surface area contributed by atoms with E-state index in [1.165, 1.54) is 12.3 Å². The van der Waals surface area contributed by atoms with Crippen LogP contribution in [0.2, 0.25) is 0 Å². The number of pyridine rings is 1. The molecule has 6 rings (SSSR count). The molecule has 2 unspecified atom stereocenters. The van der Waals surface area contributed by atoms with Crippen molar-refractivity contribution in [3.8, 4) is 5.88 Å². The number of amides is 3. The number of anilines is 1. The average Bonchev–Trinajstić information content (AvgIpc) is 3.46. The number of benzene rings is 2. The van der Waals surface area contributed by atoms with Gasteiger partial charge in [-0.05, 0) is 61.1 Å². The SMILES string of the molecule is CCC1(c2cc(C)c3[nH]ncc3c2)CC(N2Cc3ccccc3NC2=O)CCN1C(=O)Oc1cc(C=O)ccn1. The van der Waals surface area contributed by atoms with Gasteiger partial charge in [-0.3, -0.25) is 14.8 Å². The summed E-state index contributed by atoms with van der Waals surface area (Å²) in [5.41, 5.74) is 4.40. The highest BCUT2D eigenvalue weighted by atomic mass is 16.6. The summed E-state index contributed by atoms with van der Waals surface area (Å²) in [5, 5.41) is 11.2. The fraction of sp³-hybridized carbons (Fsp3) is 0.300. The molecule has 0 radical (unpaired) electrons. The Balaban J connectivity index is 1.39. The van der Waals surface area contributed by atoms with E-state index in [-0.39, 0.29) is 18.0 Å². The molecule has 3 amide bonds. The maximum Gasteiger partial charge on any atom is 0.417 e. The number of aldehydes is 1. The number of carbonyl (C=O) groups is 3. The second-order valence-corrected chi connectivity index (χ2v) is 10.4. The predicted octanol–water partition coefficient (Wildman–Crippen LogP) is 5.40. The summed E-state index contributed by atoms with van der Waals surface area (Å²) in [4.78, 5) is 46.1. The molecular weight excluding hydrogens is 508 g/mol. The molecule has 2 N–H and O–H groups in total. The second kappa shape index (κ2) is 10.1. The standard InChI is InChI=1S/C30H30N6O4/c1-3-30(23-12-19(2)27-22(14-23)16-32-34-27)15-24(35-17-21-6-4-5-7-25(21)33-28(35)38)9-11-36(30)29(39)40-26-13-20(18-37)8-10-31-26/h4-8,10,12-14,16,18,24H,3,9,11,15,17H2,1-2H3,(H,32,34)(H,33,38). The maximum atomic E-state index is 13.8. The van der Waals surface area contributed by atoms with Crippen LogP contribution < -0.4 is 10.1 Å². The maximum absolute atomic E-state index is 13.8. The molecule has 10 heteroatoms. The van der Waals surface area contributed by atoms with Crippen molar-refractivity contribution in [2.75, 3.05) is 11.9 Å². The van der Waals surface area contributed by atoms with Crippen LogP contribution in [0.1, 0.15) is 53.2 Å². The van der Waals surface area contributed by atoms with E-state index in [4.69, 9.17) is 4.74 Å². The quantitative estimate of drug-likeness (QED) is 0.329. The lowest BCUT2D eigenvalue weighted by atomic mass is 9.75. The van der Waals surface area contributed by atoms with Crippen LogP contribution >= 0.6 is 0 Å². The van der Waals surface area contributed by atoms with Gasteiger partial charge < -0.3 is 15.0 Å². The largest absolute Gasteiger partial charge is 0.417 e. The van der Waals surface area contributed by atoms with E-state index in [0.29, 0.717) is 44.2 Å². The van der Waals surface area contributed by atoms with Crippen molar-refractivity contribution in [2.45, 2.75) is 51.2 Å². The number of urea groups is 1. The molecule has 2 aliphatic heterocycles. The number of rotatable bonds is 5. The van der Waals surface area contributed by atoms with Crippen molar-refractivity contribution in [2.24, 2.45) is 0 Å². The fourth-order valence-electron chi connectivity index (χ4n) is 6.16. The van der Waals surface area contributed by atoms with E-state index >= 15 is 0 Å². The third-order valence-corrected chi connectivity index (χ3v) is 8.25. The van der Waals surface area contributed by atoms with E-state index < -0.39 is 11.6 Å². The minimum atomic E-state index is -0.768. The fourth-order valence-corrected chi connectivity index (χ4v) is 6.16. The number of hydrogen-bond acceptors (Lipinski definition) is 6. The first-order valence-corrected chi connectivity index (χ1v) is 13.4. The lowest BCUT2D eigenvalue weighted by Crippen LogP contribution is -2.60. The Bertz CT molecular complexity index is 1620. The normalized spacial score (nSPS) is 20.6. The third-order valence-electron chi connectivity index (χ3n) is 8.25. The van der Waals surface area contributed by atoms with Gasteiger partial charge in [0.25, 0.3) is 0 Å². The number of nitrogens with one attached hydrogen (secondary N) is 2. The number of hydrogen-bond donors (Lipinski definition) is 2. The van der Waals surface area contributed by atoms with E-state index in [2.05, 4.69) is 32.6 Å². The summed E-state index contributed by atoms with van der Waals surface area (Å²) >= 11 is 0. The zero-order valence-electron chi connectivity index (χ0n) is 22.4. The Hall–Kier alpha value is -4.73. The Morgan fingerprint density at radius 3 is 2.90 bits per heavy atom. The summed E-state index contributed by atoms with van der Waals surface area (Å²) in [7, 11) is 0. The molecule has 2 atom stereocenters. The molecule has 0 saturated carbocycles. The molecule has 2 aliphatic rings. The van der Waals surface area contributed by atoms with E-state index in [9.17, 15) is 14.4 Å². The molecule has 0 aliphatic carbocycles. The summed E-state index contributed by atoms with van der Waals surface area (Å²) in [6.07, 6.45) is 5.06. The summed E-state index contributed by atoms with van der Waals surface area (Å²) in [6.45, 7) is 4.94. The lowest BCUT2D eigenvalue weighted by Gasteiger charge is -2.51. The summed E-state index contributed by atoms with van der Waals surface area (Å²) < 4.78 is 5.73.